The summed E-state index contributed by atoms with van der Waals surface area (Å²) in [4.78, 5) is 0. The van der Waals surface area contributed by atoms with Crippen LogP contribution in [0.15, 0.2) is 72.8 Å². The maximum atomic E-state index is 11.0. The Morgan fingerprint density at radius 1 is 0.971 bits per heavy atom. The first-order valence-electron chi connectivity index (χ1n) is 10.8. The smallest absolute Gasteiger partial charge is 0.262 e. The van der Waals surface area contributed by atoms with E-state index in [1.54, 1.807) is 18.4 Å². The summed E-state index contributed by atoms with van der Waals surface area (Å²) in [5, 5.41) is 0.966. The minimum absolute atomic E-state index is 0.263. The van der Waals surface area contributed by atoms with Crippen molar-refractivity contribution in [3.8, 4) is 11.5 Å². The van der Waals surface area contributed by atoms with Crippen LogP contribution in [-0.2, 0) is 23.3 Å². The van der Waals surface area contributed by atoms with Gasteiger partial charge in [-0.3, -0.25) is 0 Å². The predicted molar refractivity (Wildman–Crippen MR) is 134 cm³/mol. The molecule has 0 aliphatic carbocycles. The lowest BCUT2D eigenvalue weighted by Gasteiger charge is -2.11. The van der Waals surface area contributed by atoms with Crippen LogP contribution in [0.3, 0.4) is 0 Å². The number of aryl methyl sites for hydroxylation is 1. The number of benzene rings is 3. The van der Waals surface area contributed by atoms with Crippen molar-refractivity contribution in [1.29, 1.82) is 0 Å². The minimum atomic E-state index is -4.24. The highest BCUT2D eigenvalue weighted by atomic mass is 32.2. The van der Waals surface area contributed by atoms with Gasteiger partial charge in [0.05, 0.1) is 17.2 Å². The lowest BCUT2D eigenvalue weighted by atomic mass is 10.2. The Balaban J connectivity index is 1.54. The maximum absolute atomic E-state index is 11.0. The van der Waals surface area contributed by atoms with E-state index in [4.69, 9.17) is 9.47 Å². The first-order valence-corrected chi connectivity index (χ1v) is 13.2. The highest BCUT2D eigenvalue weighted by Gasteiger charge is 2.18. The molecule has 0 aliphatic rings. The Morgan fingerprint density at radius 2 is 1.74 bits per heavy atom. The fraction of sp³-hybridized carbons (Fsp3) is 0.192. The number of nitrogens with zero attached hydrogens (tertiary/aromatic N) is 1. The number of para-hydroxylation sites is 1. The molecular formula is C26H25NO5S2. The number of thiazole rings is 1. The van der Waals surface area contributed by atoms with Crippen molar-refractivity contribution in [1.82, 2.24) is 0 Å². The molecule has 0 bridgehead atoms. The number of aromatic nitrogens is 1. The van der Waals surface area contributed by atoms with Gasteiger partial charge in [0.25, 0.3) is 5.01 Å². The second-order valence-corrected chi connectivity index (χ2v) is 10.3. The average molecular weight is 496 g/mol. The third kappa shape index (κ3) is 6.22. The van der Waals surface area contributed by atoms with Gasteiger partial charge < -0.3 is 14.0 Å². The Morgan fingerprint density at radius 3 is 2.50 bits per heavy atom. The molecule has 6 nitrogen and oxygen atoms in total. The average Bonchev–Trinajstić information content (AvgIpc) is 3.19. The molecule has 8 heteroatoms. The summed E-state index contributed by atoms with van der Waals surface area (Å²) in [6.45, 7) is 0.897. The summed E-state index contributed by atoms with van der Waals surface area (Å²) in [5.74, 6) is 0.928. The van der Waals surface area contributed by atoms with Crippen LogP contribution >= 0.6 is 11.3 Å². The van der Waals surface area contributed by atoms with Crippen molar-refractivity contribution in [2.75, 3.05) is 12.9 Å². The first-order chi connectivity index (χ1) is 16.4. The van der Waals surface area contributed by atoms with Crippen molar-refractivity contribution in [2.45, 2.75) is 19.6 Å². The van der Waals surface area contributed by atoms with Crippen LogP contribution in [0.25, 0.3) is 22.4 Å². The standard InChI is InChI=1S/C26H25NO5S2/c1-31-24-18-20(12-14-23(24)32-19-21-8-3-2-4-9-21)13-15-26-27(16-7-17-34(28,29)30)22-10-5-6-11-25(22)33-26/h2-6,8-15,18H,7,16-17,19H2,1H3. The van der Waals surface area contributed by atoms with Crippen molar-refractivity contribution in [3.63, 3.8) is 0 Å². The highest BCUT2D eigenvalue weighted by Crippen LogP contribution is 2.30. The van der Waals surface area contributed by atoms with Gasteiger partial charge in [0.15, 0.2) is 18.0 Å². The van der Waals surface area contributed by atoms with Gasteiger partial charge in [0, 0.05) is 24.3 Å². The van der Waals surface area contributed by atoms with E-state index in [-0.39, 0.29) is 12.2 Å². The van der Waals surface area contributed by atoms with E-state index < -0.39 is 10.1 Å². The molecule has 0 amide bonds. The van der Waals surface area contributed by atoms with Gasteiger partial charge >= 0.3 is 0 Å². The molecule has 0 saturated heterocycles. The van der Waals surface area contributed by atoms with Gasteiger partial charge in [-0.1, -0.05) is 59.9 Å². The Hall–Kier alpha value is -3.20. The first kappa shape index (κ1) is 23.9. The SMILES string of the molecule is COc1cc(C=Cc2sc3ccccc3[n+]2CCCS(=O)(=O)[O-])ccc1OCc1ccccc1. The van der Waals surface area contributed by atoms with Crippen LogP contribution in [-0.4, -0.2) is 25.8 Å². The molecule has 0 aliphatic heterocycles. The lowest BCUT2D eigenvalue weighted by Crippen LogP contribution is -2.35. The zero-order chi connectivity index (χ0) is 24.0. The largest absolute Gasteiger partial charge is 0.748 e. The second-order valence-electron chi connectivity index (χ2n) is 7.69. The second kappa shape index (κ2) is 10.8. The van der Waals surface area contributed by atoms with Gasteiger partial charge in [-0.15, -0.1) is 0 Å². The van der Waals surface area contributed by atoms with Crippen LogP contribution in [0.4, 0.5) is 0 Å². The monoisotopic (exact) mass is 495 g/mol. The summed E-state index contributed by atoms with van der Waals surface area (Å²) < 4.78 is 47.7. The van der Waals surface area contributed by atoms with Crippen molar-refractivity contribution in [2.24, 2.45) is 0 Å². The molecule has 1 aromatic heterocycles. The summed E-state index contributed by atoms with van der Waals surface area (Å²) >= 11 is 1.61. The molecule has 0 spiro atoms. The molecular weight excluding hydrogens is 470 g/mol. The normalized spacial score (nSPS) is 11.8. The fourth-order valence-corrected chi connectivity index (χ4v) is 5.19. The third-order valence-electron chi connectivity index (χ3n) is 5.26. The molecule has 4 aromatic rings. The number of ether oxygens (including phenoxy) is 2. The zero-order valence-electron chi connectivity index (χ0n) is 18.7. The van der Waals surface area contributed by atoms with Crippen LogP contribution < -0.4 is 14.0 Å². The minimum Gasteiger partial charge on any atom is -0.748 e. The topological polar surface area (TPSA) is 79.5 Å². The number of hydrogen-bond acceptors (Lipinski definition) is 6. The molecule has 0 fully saturated rings. The summed E-state index contributed by atoms with van der Waals surface area (Å²) in [5.41, 5.74) is 3.03. The third-order valence-corrected chi connectivity index (χ3v) is 7.18. The van der Waals surface area contributed by atoms with E-state index in [2.05, 4.69) is 4.57 Å². The van der Waals surface area contributed by atoms with E-state index >= 15 is 0 Å². The number of fused-ring (bicyclic) bond motifs is 1. The van der Waals surface area contributed by atoms with E-state index in [0.717, 1.165) is 26.4 Å². The van der Waals surface area contributed by atoms with Gasteiger partial charge in [0.2, 0.25) is 5.52 Å². The van der Waals surface area contributed by atoms with Crippen molar-refractivity contribution >= 4 is 43.8 Å². The van der Waals surface area contributed by atoms with Crippen LogP contribution in [0.2, 0.25) is 0 Å². The molecule has 0 radical (unpaired) electrons. The molecule has 0 saturated carbocycles. The van der Waals surface area contributed by atoms with E-state index in [1.807, 2.05) is 84.9 Å². The Kier molecular flexibility index (Phi) is 7.62. The Labute approximate surface area is 203 Å². The predicted octanol–water partition coefficient (Wildman–Crippen LogP) is 4.88. The molecule has 176 valence electrons. The summed E-state index contributed by atoms with van der Waals surface area (Å²) in [6.07, 6.45) is 4.24. The van der Waals surface area contributed by atoms with Crippen LogP contribution in [0, 0.1) is 0 Å². The molecule has 3 aromatic carbocycles. The van der Waals surface area contributed by atoms with Crippen LogP contribution in [0.5, 0.6) is 11.5 Å². The zero-order valence-corrected chi connectivity index (χ0v) is 20.3. The fourth-order valence-electron chi connectivity index (χ4n) is 3.62. The maximum Gasteiger partial charge on any atom is 0.262 e. The van der Waals surface area contributed by atoms with E-state index in [0.29, 0.717) is 24.7 Å². The lowest BCUT2D eigenvalue weighted by molar-refractivity contribution is -0.668. The summed E-state index contributed by atoms with van der Waals surface area (Å²) in [6, 6.07) is 23.6. The molecule has 0 unspecified atom stereocenters. The number of hydrogen-bond donors (Lipinski definition) is 0. The number of rotatable bonds is 10. The highest BCUT2D eigenvalue weighted by molar-refractivity contribution is 7.85. The van der Waals surface area contributed by atoms with Crippen LogP contribution in [0.1, 0.15) is 22.6 Å². The van der Waals surface area contributed by atoms with Gasteiger partial charge in [-0.2, -0.15) is 4.57 Å². The van der Waals surface area contributed by atoms with E-state index in [1.165, 1.54) is 0 Å². The van der Waals surface area contributed by atoms with Gasteiger partial charge in [-0.25, -0.2) is 8.42 Å². The van der Waals surface area contributed by atoms with Gasteiger partial charge in [-0.05, 0) is 35.4 Å². The number of methoxy groups -OCH3 is 1. The van der Waals surface area contributed by atoms with E-state index in [9.17, 15) is 13.0 Å². The van der Waals surface area contributed by atoms with Crippen molar-refractivity contribution in [3.05, 3.63) is 88.9 Å². The van der Waals surface area contributed by atoms with Crippen molar-refractivity contribution < 1.29 is 27.0 Å². The van der Waals surface area contributed by atoms with Gasteiger partial charge in [0.1, 0.15) is 11.3 Å². The molecule has 4 rings (SSSR count). The molecule has 0 atom stereocenters. The summed E-state index contributed by atoms with van der Waals surface area (Å²) in [7, 11) is -2.62. The quantitative estimate of drug-likeness (QED) is 0.231. The molecule has 1 heterocycles. The molecule has 34 heavy (non-hydrogen) atoms. The Bertz CT molecular complexity index is 1400. The molecule has 0 N–H and O–H groups in total.